The Labute approximate surface area is 113 Å². The van der Waals surface area contributed by atoms with Crippen molar-refractivity contribution in [3.05, 3.63) is 40.3 Å². The molecule has 1 aromatic carbocycles. The molecule has 2 aromatic rings. The molecule has 7 heteroatoms. The van der Waals surface area contributed by atoms with Crippen LogP contribution in [0.4, 0.5) is 17.2 Å². The highest BCUT2D eigenvalue weighted by Gasteiger charge is 2.07. The Morgan fingerprint density at radius 1 is 1.28 bits per heavy atom. The molecule has 0 saturated heterocycles. The number of nitrogens with zero attached hydrogens (tertiary/aromatic N) is 3. The van der Waals surface area contributed by atoms with Crippen molar-refractivity contribution in [2.45, 2.75) is 0 Å². The highest BCUT2D eigenvalue weighted by molar-refractivity contribution is 6.32. The summed E-state index contributed by atoms with van der Waals surface area (Å²) in [6.07, 6.45) is 1.30. The minimum absolute atomic E-state index is 0.173. The summed E-state index contributed by atoms with van der Waals surface area (Å²) in [6.45, 7) is 0. The topological polar surface area (TPSA) is 87.6 Å². The molecule has 0 atom stereocenters. The largest absolute Gasteiger partial charge is 0.393 e. The van der Waals surface area contributed by atoms with Crippen LogP contribution in [0, 0.1) is 11.3 Å². The summed E-state index contributed by atoms with van der Waals surface area (Å²) in [4.78, 5) is 7.71. The average molecular weight is 280 g/mol. The van der Waals surface area contributed by atoms with Crippen LogP contribution in [0.15, 0.2) is 24.5 Å². The first-order chi connectivity index (χ1) is 8.61. The van der Waals surface area contributed by atoms with E-state index < -0.39 is 0 Å². The van der Waals surface area contributed by atoms with Crippen molar-refractivity contribution >= 4 is 40.4 Å². The molecule has 3 N–H and O–H groups in total. The standard InChI is InChI=1S/C11H7Cl2N5/c12-8-3-7(2-1-6(8)4-14)18-11-9(15)10(13)16-5-17-11/h1-3,5H,15H2,(H,16,17,18). The van der Waals surface area contributed by atoms with Crippen LogP contribution in [0.25, 0.3) is 0 Å². The van der Waals surface area contributed by atoms with E-state index >= 15 is 0 Å². The van der Waals surface area contributed by atoms with Crippen LogP contribution in [0.2, 0.25) is 10.2 Å². The first kappa shape index (κ1) is 12.4. The lowest BCUT2D eigenvalue weighted by atomic mass is 10.2. The van der Waals surface area contributed by atoms with E-state index in [1.165, 1.54) is 6.33 Å². The Bertz CT molecular complexity index is 636. The van der Waals surface area contributed by atoms with Crippen molar-refractivity contribution < 1.29 is 0 Å². The number of hydrogen-bond donors (Lipinski definition) is 2. The molecule has 0 amide bonds. The van der Waals surface area contributed by atoms with Crippen molar-refractivity contribution in [1.82, 2.24) is 9.97 Å². The van der Waals surface area contributed by atoms with Gasteiger partial charge in [-0.2, -0.15) is 5.26 Å². The lowest BCUT2D eigenvalue weighted by Crippen LogP contribution is -2.01. The van der Waals surface area contributed by atoms with E-state index in [4.69, 9.17) is 34.2 Å². The molecule has 18 heavy (non-hydrogen) atoms. The molecule has 0 fully saturated rings. The van der Waals surface area contributed by atoms with Crippen LogP contribution in [-0.4, -0.2) is 9.97 Å². The molecule has 0 aliphatic carbocycles. The maximum atomic E-state index is 8.77. The molecule has 90 valence electrons. The SMILES string of the molecule is N#Cc1ccc(Nc2ncnc(Cl)c2N)cc1Cl. The number of aromatic nitrogens is 2. The van der Waals surface area contributed by atoms with E-state index in [-0.39, 0.29) is 10.8 Å². The number of rotatable bonds is 2. The molecule has 0 spiro atoms. The second-order valence-corrected chi connectivity index (χ2v) is 4.12. The summed E-state index contributed by atoms with van der Waals surface area (Å²) in [5.41, 5.74) is 7.02. The number of halogens is 2. The first-order valence-corrected chi connectivity index (χ1v) is 5.60. The monoisotopic (exact) mass is 279 g/mol. The fraction of sp³-hybridized carbons (Fsp3) is 0. The number of anilines is 3. The maximum Gasteiger partial charge on any atom is 0.158 e. The minimum atomic E-state index is 0.173. The summed E-state index contributed by atoms with van der Waals surface area (Å²) in [5, 5.41) is 12.2. The van der Waals surface area contributed by atoms with E-state index in [1.807, 2.05) is 6.07 Å². The van der Waals surface area contributed by atoms with Crippen molar-refractivity contribution in [3.8, 4) is 6.07 Å². The Balaban J connectivity index is 2.32. The molecule has 0 saturated carbocycles. The summed E-state index contributed by atoms with van der Waals surface area (Å²) in [5.74, 6) is 0.385. The number of benzene rings is 1. The molecule has 0 radical (unpaired) electrons. The maximum absolute atomic E-state index is 8.77. The molecule has 1 aromatic heterocycles. The lowest BCUT2D eigenvalue weighted by molar-refractivity contribution is 1.17. The van der Waals surface area contributed by atoms with Crippen LogP contribution in [0.1, 0.15) is 5.56 Å². The Kier molecular flexibility index (Phi) is 3.51. The predicted molar refractivity (Wildman–Crippen MR) is 70.9 cm³/mol. The summed E-state index contributed by atoms with van der Waals surface area (Å²) < 4.78 is 0. The zero-order chi connectivity index (χ0) is 13.1. The minimum Gasteiger partial charge on any atom is -0.393 e. The van der Waals surface area contributed by atoms with Gasteiger partial charge in [-0.3, -0.25) is 0 Å². The third-order valence-electron chi connectivity index (χ3n) is 2.19. The van der Waals surface area contributed by atoms with Crippen LogP contribution >= 0.6 is 23.2 Å². The average Bonchev–Trinajstić information content (AvgIpc) is 2.35. The number of nitriles is 1. The molecule has 0 aliphatic heterocycles. The number of nitrogens with two attached hydrogens (primary N) is 1. The highest BCUT2D eigenvalue weighted by Crippen LogP contribution is 2.27. The van der Waals surface area contributed by atoms with E-state index in [1.54, 1.807) is 18.2 Å². The van der Waals surface area contributed by atoms with Gasteiger partial charge in [-0.15, -0.1) is 0 Å². The second-order valence-electron chi connectivity index (χ2n) is 3.36. The van der Waals surface area contributed by atoms with Crippen molar-refractivity contribution in [2.75, 3.05) is 11.1 Å². The van der Waals surface area contributed by atoms with Gasteiger partial charge in [0.2, 0.25) is 0 Å². The van der Waals surface area contributed by atoms with Gasteiger partial charge in [0, 0.05) is 5.69 Å². The van der Waals surface area contributed by atoms with Crippen LogP contribution < -0.4 is 11.1 Å². The van der Waals surface area contributed by atoms with Gasteiger partial charge in [0.15, 0.2) is 11.0 Å². The number of nitrogen functional groups attached to an aromatic ring is 1. The zero-order valence-corrected chi connectivity index (χ0v) is 10.5. The molecule has 5 nitrogen and oxygen atoms in total. The van der Waals surface area contributed by atoms with E-state index in [0.29, 0.717) is 22.1 Å². The molecule has 0 unspecified atom stereocenters. The van der Waals surface area contributed by atoms with Gasteiger partial charge >= 0.3 is 0 Å². The van der Waals surface area contributed by atoms with Gasteiger partial charge in [-0.05, 0) is 18.2 Å². The zero-order valence-electron chi connectivity index (χ0n) is 8.98. The smallest absolute Gasteiger partial charge is 0.158 e. The van der Waals surface area contributed by atoms with Crippen molar-refractivity contribution in [2.24, 2.45) is 0 Å². The van der Waals surface area contributed by atoms with Gasteiger partial charge in [0.05, 0.1) is 10.6 Å². The number of hydrogen-bond acceptors (Lipinski definition) is 5. The van der Waals surface area contributed by atoms with Crippen LogP contribution in [-0.2, 0) is 0 Å². The molecule has 2 rings (SSSR count). The third-order valence-corrected chi connectivity index (χ3v) is 2.80. The van der Waals surface area contributed by atoms with Crippen molar-refractivity contribution in [1.29, 1.82) is 5.26 Å². The van der Waals surface area contributed by atoms with Gasteiger partial charge in [0.25, 0.3) is 0 Å². The molecular weight excluding hydrogens is 273 g/mol. The Morgan fingerprint density at radius 3 is 2.72 bits per heavy atom. The highest BCUT2D eigenvalue weighted by atomic mass is 35.5. The fourth-order valence-corrected chi connectivity index (χ4v) is 1.65. The third kappa shape index (κ3) is 2.45. The van der Waals surface area contributed by atoms with E-state index in [9.17, 15) is 0 Å². The van der Waals surface area contributed by atoms with Gasteiger partial charge in [-0.1, -0.05) is 23.2 Å². The quantitative estimate of drug-likeness (QED) is 0.825. The number of nitrogens with one attached hydrogen (secondary N) is 1. The lowest BCUT2D eigenvalue weighted by Gasteiger charge is -2.09. The normalized spacial score (nSPS) is 9.83. The second kappa shape index (κ2) is 5.08. The van der Waals surface area contributed by atoms with Gasteiger partial charge in [-0.25, -0.2) is 9.97 Å². The van der Waals surface area contributed by atoms with E-state index in [0.717, 1.165) is 0 Å². The molecule has 0 bridgehead atoms. The first-order valence-electron chi connectivity index (χ1n) is 4.84. The summed E-state index contributed by atoms with van der Waals surface area (Å²) >= 11 is 11.7. The van der Waals surface area contributed by atoms with Crippen LogP contribution in [0.3, 0.4) is 0 Å². The molecule has 1 heterocycles. The van der Waals surface area contributed by atoms with Crippen LogP contribution in [0.5, 0.6) is 0 Å². The Hall–Kier alpha value is -2.03. The summed E-state index contributed by atoms with van der Waals surface area (Å²) in [7, 11) is 0. The molecule has 0 aliphatic rings. The molecular formula is C11H7Cl2N5. The van der Waals surface area contributed by atoms with Crippen molar-refractivity contribution in [3.63, 3.8) is 0 Å². The van der Waals surface area contributed by atoms with Gasteiger partial charge in [0.1, 0.15) is 18.1 Å². The van der Waals surface area contributed by atoms with Gasteiger partial charge < -0.3 is 11.1 Å². The summed E-state index contributed by atoms with van der Waals surface area (Å²) in [6, 6.07) is 6.88. The fourth-order valence-electron chi connectivity index (χ4n) is 1.29. The Morgan fingerprint density at radius 2 is 2.06 bits per heavy atom. The van der Waals surface area contributed by atoms with E-state index in [2.05, 4.69) is 15.3 Å². The predicted octanol–water partition coefficient (Wildman–Crippen LogP) is 2.98.